The Morgan fingerprint density at radius 3 is 2.49 bits per heavy atom. The summed E-state index contributed by atoms with van der Waals surface area (Å²) in [5.74, 6) is 2.32. The van der Waals surface area contributed by atoms with Gasteiger partial charge in [0.05, 0.1) is 18.8 Å². The molecule has 7 aliphatic rings. The Kier molecular flexibility index (Phi) is 5.27. The van der Waals surface area contributed by atoms with Crippen LogP contribution in [0.25, 0.3) is 0 Å². The number of piperidine rings is 1. The van der Waals surface area contributed by atoms with E-state index in [2.05, 4.69) is 17.9 Å². The van der Waals surface area contributed by atoms with Gasteiger partial charge in [0, 0.05) is 41.5 Å². The maximum absolute atomic E-state index is 13.4. The molecule has 5 nitrogen and oxygen atoms in total. The van der Waals surface area contributed by atoms with Crippen LogP contribution in [0.3, 0.4) is 0 Å². The molecular formula is C33H38F3NO4. The summed E-state index contributed by atoms with van der Waals surface area (Å²) < 4.78 is 59.6. The second-order valence-corrected chi connectivity index (χ2v) is 13.9. The number of aliphatic hydroxyl groups excluding tert-OH is 1. The van der Waals surface area contributed by atoms with Gasteiger partial charge in [0.1, 0.15) is 11.7 Å². The fourth-order valence-corrected chi connectivity index (χ4v) is 10.6. The van der Waals surface area contributed by atoms with E-state index in [1.54, 1.807) is 14.2 Å². The van der Waals surface area contributed by atoms with Crippen molar-refractivity contribution in [1.29, 1.82) is 0 Å². The maximum Gasteiger partial charge on any atom is 0.416 e. The Morgan fingerprint density at radius 1 is 1.07 bits per heavy atom. The maximum atomic E-state index is 13.4. The molecule has 0 aromatic heterocycles. The Balaban J connectivity index is 1.31. The van der Waals surface area contributed by atoms with Crippen molar-refractivity contribution in [3.8, 4) is 11.5 Å². The summed E-state index contributed by atoms with van der Waals surface area (Å²) in [4.78, 5) is 2.74. The largest absolute Gasteiger partial charge is 0.493 e. The Bertz CT molecular complexity index is 1410. The van der Waals surface area contributed by atoms with Crippen molar-refractivity contribution in [3.05, 3.63) is 58.7 Å². The van der Waals surface area contributed by atoms with Crippen LogP contribution >= 0.6 is 0 Å². The van der Waals surface area contributed by atoms with E-state index < -0.39 is 28.9 Å². The summed E-state index contributed by atoms with van der Waals surface area (Å²) in [6.07, 6.45) is 1.12. The molecule has 0 amide bonds. The highest BCUT2D eigenvalue weighted by Gasteiger charge is 2.84. The van der Waals surface area contributed by atoms with E-state index in [0.717, 1.165) is 74.7 Å². The average Bonchev–Trinajstić information content (AvgIpc) is 3.70. The predicted molar refractivity (Wildman–Crippen MR) is 146 cm³/mol. The Labute approximate surface area is 239 Å². The summed E-state index contributed by atoms with van der Waals surface area (Å²) in [7, 11) is 3.40. The lowest BCUT2D eigenvalue weighted by Crippen LogP contribution is -2.83. The molecule has 1 N–H and O–H groups in total. The number of hydrogen-bond donors (Lipinski definition) is 1. The summed E-state index contributed by atoms with van der Waals surface area (Å²) in [5.41, 5.74) is 0.356. The van der Waals surface area contributed by atoms with Crippen LogP contribution in [0.4, 0.5) is 13.2 Å². The number of likely N-dealkylation sites (tertiary alicyclic amines) is 1. The summed E-state index contributed by atoms with van der Waals surface area (Å²) in [5, 5.41) is 12.2. The highest BCUT2D eigenvalue weighted by Crippen LogP contribution is 2.80. The molecule has 4 bridgehead atoms. The molecule has 41 heavy (non-hydrogen) atoms. The highest BCUT2D eigenvalue weighted by atomic mass is 19.4. The van der Waals surface area contributed by atoms with E-state index in [9.17, 15) is 18.3 Å². The third-order valence-corrected chi connectivity index (χ3v) is 12.5. The molecule has 0 radical (unpaired) electrons. The zero-order valence-corrected chi connectivity index (χ0v) is 23.9. The molecule has 9 rings (SSSR count). The van der Waals surface area contributed by atoms with Crippen molar-refractivity contribution in [2.24, 2.45) is 16.7 Å². The van der Waals surface area contributed by atoms with Gasteiger partial charge in [-0.15, -0.1) is 0 Å². The lowest BCUT2D eigenvalue weighted by atomic mass is 9.31. The first-order chi connectivity index (χ1) is 19.5. The molecule has 8 heteroatoms. The molecule has 220 valence electrons. The minimum absolute atomic E-state index is 0.155. The van der Waals surface area contributed by atoms with Gasteiger partial charge in [-0.25, -0.2) is 0 Å². The number of aliphatic hydroxyl groups is 1. The van der Waals surface area contributed by atoms with Crippen molar-refractivity contribution in [3.63, 3.8) is 0 Å². The molecule has 2 aliphatic heterocycles. The van der Waals surface area contributed by atoms with Gasteiger partial charge >= 0.3 is 6.18 Å². The number of nitrogens with zero attached hydrogens (tertiary/aromatic N) is 1. The van der Waals surface area contributed by atoms with Crippen LogP contribution in [0.2, 0.25) is 0 Å². The summed E-state index contributed by atoms with van der Waals surface area (Å²) in [6, 6.07) is 9.59. The first-order valence-electron chi connectivity index (χ1n) is 15.1. The van der Waals surface area contributed by atoms with Crippen LogP contribution in [0.1, 0.15) is 73.8 Å². The molecule has 5 fully saturated rings. The van der Waals surface area contributed by atoms with Crippen molar-refractivity contribution in [1.82, 2.24) is 4.90 Å². The van der Waals surface area contributed by atoms with E-state index in [-0.39, 0.29) is 16.9 Å². The van der Waals surface area contributed by atoms with Crippen LogP contribution in [0.15, 0.2) is 36.4 Å². The van der Waals surface area contributed by atoms with Gasteiger partial charge in [-0.2, -0.15) is 13.2 Å². The minimum Gasteiger partial charge on any atom is -0.493 e. The van der Waals surface area contributed by atoms with Crippen LogP contribution < -0.4 is 9.47 Å². The number of methoxy groups -OCH3 is 2. The molecule has 2 spiro atoms. The van der Waals surface area contributed by atoms with Gasteiger partial charge in [0.25, 0.3) is 0 Å². The van der Waals surface area contributed by atoms with E-state index in [4.69, 9.17) is 14.2 Å². The smallest absolute Gasteiger partial charge is 0.416 e. The zero-order chi connectivity index (χ0) is 28.6. The minimum atomic E-state index is -4.43. The number of fused-ring (bicyclic) bond motifs is 2. The number of halogens is 3. The van der Waals surface area contributed by atoms with Crippen molar-refractivity contribution in [2.75, 3.05) is 27.3 Å². The van der Waals surface area contributed by atoms with Crippen LogP contribution in [0, 0.1) is 16.7 Å². The zero-order valence-electron chi connectivity index (χ0n) is 23.9. The Morgan fingerprint density at radius 2 is 1.83 bits per heavy atom. The van der Waals surface area contributed by atoms with E-state index in [1.807, 2.05) is 6.07 Å². The summed E-state index contributed by atoms with van der Waals surface area (Å²) in [6.45, 7) is 4.21. The van der Waals surface area contributed by atoms with E-state index in [0.29, 0.717) is 11.6 Å². The lowest BCUT2D eigenvalue weighted by molar-refractivity contribution is -0.324. The van der Waals surface area contributed by atoms with Gasteiger partial charge in [0.2, 0.25) is 0 Å². The van der Waals surface area contributed by atoms with Crippen molar-refractivity contribution < 1.29 is 32.5 Å². The standard InChI is InChI=1S/C33H38F3NO4/c1-29(27(38)20-6-9-22(10-7-20)33(34,35)36)18-30-12-13-32(29,40-3)28-31(30)14-15-37(17-19-4-5-19)24(30)16-21-8-11-23(39-2)26(41-28)25(21)31/h6-11,19,24,27-28,38H,4-5,12-18H2,1-3H3/t24-,27?,28-,29-,30-,31+,32+/m1/s1. The first kappa shape index (κ1) is 26.3. The second kappa shape index (κ2) is 8.20. The van der Waals surface area contributed by atoms with Crippen LogP contribution in [-0.4, -0.2) is 55.1 Å². The third-order valence-electron chi connectivity index (χ3n) is 12.5. The van der Waals surface area contributed by atoms with Gasteiger partial charge in [-0.3, -0.25) is 4.90 Å². The lowest BCUT2D eigenvalue weighted by Gasteiger charge is -2.76. The topological polar surface area (TPSA) is 51.2 Å². The molecule has 4 saturated carbocycles. The molecule has 2 heterocycles. The second-order valence-electron chi connectivity index (χ2n) is 13.9. The molecule has 2 aromatic rings. The normalized spacial score (nSPS) is 39.3. The van der Waals surface area contributed by atoms with Crippen molar-refractivity contribution in [2.45, 2.75) is 87.3 Å². The monoisotopic (exact) mass is 569 g/mol. The quantitative estimate of drug-likeness (QED) is 0.458. The SMILES string of the molecule is COc1ccc2c3c1O[C@H]1[C@@]4(OC)CC[C@@]5(C[C@]4(C)C(O)c4ccc(C(F)(F)F)cc4)[C@@H](C2)N(CC2CC2)CC[C@]315. The third kappa shape index (κ3) is 3.04. The number of hydrogen-bond acceptors (Lipinski definition) is 5. The van der Waals surface area contributed by atoms with Crippen LogP contribution in [0.5, 0.6) is 11.5 Å². The number of alkyl halides is 3. The number of benzene rings is 2. The summed E-state index contributed by atoms with van der Waals surface area (Å²) >= 11 is 0. The van der Waals surface area contributed by atoms with E-state index in [1.165, 1.54) is 36.1 Å². The molecule has 1 saturated heterocycles. The van der Waals surface area contributed by atoms with Crippen molar-refractivity contribution >= 4 is 0 Å². The molecule has 1 unspecified atom stereocenters. The first-order valence-corrected chi connectivity index (χ1v) is 15.1. The fourth-order valence-electron chi connectivity index (χ4n) is 10.6. The van der Waals surface area contributed by atoms with Gasteiger partial charge in [-0.1, -0.05) is 25.1 Å². The molecule has 2 aromatic carbocycles. The highest BCUT2D eigenvalue weighted by molar-refractivity contribution is 5.64. The molecule has 5 aliphatic carbocycles. The fraction of sp³-hybridized carbons (Fsp3) is 0.636. The average molecular weight is 570 g/mol. The van der Waals surface area contributed by atoms with Gasteiger partial charge in [-0.05, 0) is 86.7 Å². The van der Waals surface area contributed by atoms with Crippen LogP contribution in [-0.2, 0) is 22.7 Å². The predicted octanol–water partition coefficient (Wildman–Crippen LogP) is 6.06. The number of rotatable bonds is 6. The van der Waals surface area contributed by atoms with Gasteiger partial charge in [0.15, 0.2) is 11.5 Å². The van der Waals surface area contributed by atoms with Gasteiger partial charge < -0.3 is 19.3 Å². The molecular weight excluding hydrogens is 531 g/mol. The molecule has 7 atom stereocenters. The number of ether oxygens (including phenoxy) is 3. The Hall–Kier alpha value is -2.29. The van der Waals surface area contributed by atoms with E-state index >= 15 is 0 Å².